The summed E-state index contributed by atoms with van der Waals surface area (Å²) >= 11 is 1.32. The molecule has 0 bridgehead atoms. The van der Waals surface area contributed by atoms with Crippen LogP contribution in [0.15, 0.2) is 134 Å². The van der Waals surface area contributed by atoms with Gasteiger partial charge in [0, 0.05) is 30.2 Å². The molecule has 1 atom stereocenters. The number of amides is 1. The predicted molar refractivity (Wildman–Crippen MR) is 237 cm³/mol. The maximum Gasteiger partial charge on any atom is 0.343 e. The highest BCUT2D eigenvalue weighted by Crippen LogP contribution is 2.31. The Morgan fingerprint density at radius 3 is 2.14 bits per heavy atom. The first-order valence-electron chi connectivity index (χ1n) is 19.7. The van der Waals surface area contributed by atoms with Crippen molar-refractivity contribution >= 4 is 62.7 Å². The average molecular weight is 876 g/mol. The lowest BCUT2D eigenvalue weighted by molar-refractivity contribution is -0.179. The molecule has 4 aromatic carbocycles. The Morgan fingerprint density at radius 1 is 0.762 bits per heavy atom. The van der Waals surface area contributed by atoms with Crippen molar-refractivity contribution in [3.8, 4) is 28.4 Å². The standard InChI is InChI=1S/C47H45N3O12S/c1-5-41(51)50(47-49-38-14-10-11-15-40(38)63-47)48-29-35-28-34(32-16-21-37(22-17-32)59-31-60-43(53)7-3)20-25-39(35)61-46(55)33-18-23-36(24-19-33)58-30-45(62-44(54)8-4)57-27-13-9-12-26-56-42(52)6-2/h6-8,10-11,14-25,28-29,45H,2-5,9,12-13,26-27,30-31H2,1H3/b48-29+. The van der Waals surface area contributed by atoms with E-state index in [0.29, 0.717) is 41.5 Å². The van der Waals surface area contributed by atoms with Gasteiger partial charge in [-0.2, -0.15) is 10.1 Å². The van der Waals surface area contributed by atoms with Crippen molar-refractivity contribution < 1.29 is 57.1 Å². The van der Waals surface area contributed by atoms with Gasteiger partial charge in [-0.3, -0.25) is 4.79 Å². The molecule has 5 rings (SSSR count). The van der Waals surface area contributed by atoms with E-state index in [4.69, 9.17) is 33.2 Å². The maximum absolute atomic E-state index is 13.6. The number of aromatic nitrogens is 1. The molecule has 0 aliphatic rings. The molecule has 16 heteroatoms. The van der Waals surface area contributed by atoms with E-state index in [1.165, 1.54) is 34.7 Å². The number of carbonyl (C=O) groups is 5. The fraction of sp³-hybridized carbons (Fsp3) is 0.213. The highest BCUT2D eigenvalue weighted by molar-refractivity contribution is 7.22. The molecule has 326 valence electrons. The van der Waals surface area contributed by atoms with Crippen LogP contribution in [-0.2, 0) is 38.1 Å². The van der Waals surface area contributed by atoms with Crippen LogP contribution in [0.5, 0.6) is 17.2 Å². The molecule has 0 saturated carbocycles. The van der Waals surface area contributed by atoms with Crippen LogP contribution < -0.4 is 19.2 Å². The van der Waals surface area contributed by atoms with E-state index in [1.54, 1.807) is 61.5 Å². The van der Waals surface area contributed by atoms with Gasteiger partial charge in [0.15, 0.2) is 6.61 Å². The first-order valence-corrected chi connectivity index (χ1v) is 20.5. The Hall–Kier alpha value is -7.43. The zero-order valence-corrected chi connectivity index (χ0v) is 35.3. The molecule has 63 heavy (non-hydrogen) atoms. The molecule has 0 fully saturated rings. The molecule has 15 nitrogen and oxygen atoms in total. The van der Waals surface area contributed by atoms with Crippen molar-refractivity contribution in [2.24, 2.45) is 5.10 Å². The van der Waals surface area contributed by atoms with Crippen LogP contribution in [0.2, 0.25) is 0 Å². The molecule has 1 heterocycles. The van der Waals surface area contributed by atoms with Gasteiger partial charge < -0.3 is 33.2 Å². The third kappa shape index (κ3) is 14.3. The van der Waals surface area contributed by atoms with E-state index in [1.807, 2.05) is 24.3 Å². The number of nitrogens with zero attached hydrogens (tertiary/aromatic N) is 3. The molecule has 1 aromatic heterocycles. The van der Waals surface area contributed by atoms with Gasteiger partial charge in [0.1, 0.15) is 17.2 Å². The Bertz CT molecular complexity index is 2400. The number of anilines is 1. The van der Waals surface area contributed by atoms with E-state index in [2.05, 4.69) is 29.8 Å². The molecule has 0 saturated heterocycles. The number of hydrogen-bond acceptors (Lipinski definition) is 15. The maximum atomic E-state index is 13.6. The second kappa shape index (κ2) is 24.1. The highest BCUT2D eigenvalue weighted by atomic mass is 32.1. The first kappa shape index (κ1) is 46.6. The van der Waals surface area contributed by atoms with Crippen LogP contribution in [0, 0.1) is 0 Å². The molecular formula is C47H45N3O12S. The number of benzene rings is 4. The van der Waals surface area contributed by atoms with E-state index < -0.39 is 30.2 Å². The molecule has 1 amide bonds. The Labute approximate surface area is 367 Å². The van der Waals surface area contributed by atoms with Crippen molar-refractivity contribution in [1.29, 1.82) is 0 Å². The number of thiazole rings is 1. The number of carbonyl (C=O) groups excluding carboxylic acids is 5. The van der Waals surface area contributed by atoms with Crippen LogP contribution in [0.3, 0.4) is 0 Å². The van der Waals surface area contributed by atoms with Crippen LogP contribution in [0.4, 0.5) is 5.13 Å². The number of hydrazone groups is 1. The molecule has 0 radical (unpaired) electrons. The predicted octanol–water partition coefficient (Wildman–Crippen LogP) is 8.38. The lowest BCUT2D eigenvalue weighted by atomic mass is 10.0. The zero-order valence-electron chi connectivity index (χ0n) is 34.5. The number of para-hydroxylation sites is 1. The summed E-state index contributed by atoms with van der Waals surface area (Å²) in [6.07, 6.45) is 5.65. The quantitative estimate of drug-likeness (QED) is 0.00845. The van der Waals surface area contributed by atoms with Crippen LogP contribution in [-0.4, -0.2) is 73.9 Å². The zero-order chi connectivity index (χ0) is 45.0. The number of hydrogen-bond donors (Lipinski definition) is 0. The Kier molecular flexibility index (Phi) is 17.9. The highest BCUT2D eigenvalue weighted by Gasteiger charge is 2.20. The summed E-state index contributed by atoms with van der Waals surface area (Å²) in [5.74, 6) is -1.78. The monoisotopic (exact) mass is 875 g/mol. The number of esters is 4. The fourth-order valence-corrected chi connectivity index (χ4v) is 6.39. The lowest BCUT2D eigenvalue weighted by Crippen LogP contribution is -2.28. The van der Waals surface area contributed by atoms with E-state index in [9.17, 15) is 24.0 Å². The minimum absolute atomic E-state index is 0.148. The number of ether oxygens (including phenoxy) is 7. The molecule has 0 N–H and O–H groups in total. The van der Waals surface area contributed by atoms with Gasteiger partial charge in [-0.25, -0.2) is 24.2 Å². The fourth-order valence-electron chi connectivity index (χ4n) is 5.45. The van der Waals surface area contributed by atoms with Gasteiger partial charge in [-0.05, 0) is 91.1 Å². The summed E-state index contributed by atoms with van der Waals surface area (Å²) in [4.78, 5) is 65.9. The van der Waals surface area contributed by atoms with Gasteiger partial charge in [0.25, 0.3) is 0 Å². The largest absolute Gasteiger partial charge is 0.487 e. The van der Waals surface area contributed by atoms with Crippen molar-refractivity contribution in [2.75, 3.05) is 31.6 Å². The van der Waals surface area contributed by atoms with Gasteiger partial charge in [0.05, 0.1) is 35.2 Å². The topological polar surface area (TPSA) is 178 Å². The van der Waals surface area contributed by atoms with Gasteiger partial charge >= 0.3 is 23.9 Å². The van der Waals surface area contributed by atoms with E-state index in [0.717, 1.165) is 39.6 Å². The Balaban J connectivity index is 1.30. The second-order valence-electron chi connectivity index (χ2n) is 13.1. The molecule has 0 aliphatic heterocycles. The van der Waals surface area contributed by atoms with Crippen molar-refractivity contribution in [1.82, 2.24) is 4.98 Å². The molecule has 5 aromatic rings. The van der Waals surface area contributed by atoms with Crippen molar-refractivity contribution in [3.05, 3.63) is 140 Å². The summed E-state index contributed by atoms with van der Waals surface area (Å²) in [5, 5.41) is 6.16. The Morgan fingerprint density at radius 2 is 1.43 bits per heavy atom. The number of fused-ring (bicyclic) bond motifs is 1. The summed E-state index contributed by atoms with van der Waals surface area (Å²) in [6, 6.07) is 25.8. The third-order valence-corrected chi connectivity index (χ3v) is 9.71. The van der Waals surface area contributed by atoms with Gasteiger partial charge in [-0.1, -0.05) is 68.3 Å². The lowest BCUT2D eigenvalue weighted by Gasteiger charge is -2.18. The molecule has 0 aliphatic carbocycles. The number of unbranched alkanes of at least 4 members (excludes halogenated alkanes) is 2. The smallest absolute Gasteiger partial charge is 0.343 e. The second-order valence-corrected chi connectivity index (χ2v) is 14.1. The summed E-state index contributed by atoms with van der Waals surface area (Å²) in [6.45, 7) is 11.9. The summed E-state index contributed by atoms with van der Waals surface area (Å²) in [7, 11) is 0. The van der Waals surface area contributed by atoms with Gasteiger partial charge in [0.2, 0.25) is 24.1 Å². The van der Waals surface area contributed by atoms with Gasteiger partial charge in [-0.15, -0.1) is 0 Å². The minimum Gasteiger partial charge on any atom is -0.487 e. The normalized spacial score (nSPS) is 11.3. The molecular weight excluding hydrogens is 831 g/mol. The van der Waals surface area contributed by atoms with Crippen LogP contribution in [0.1, 0.15) is 48.5 Å². The number of rotatable bonds is 24. The summed E-state index contributed by atoms with van der Waals surface area (Å²) < 4.78 is 38.9. The summed E-state index contributed by atoms with van der Waals surface area (Å²) in [5.41, 5.74) is 2.80. The third-order valence-electron chi connectivity index (χ3n) is 8.70. The first-order chi connectivity index (χ1) is 30.6. The van der Waals surface area contributed by atoms with Crippen molar-refractivity contribution in [2.45, 2.75) is 38.9 Å². The minimum atomic E-state index is -1.04. The van der Waals surface area contributed by atoms with Crippen molar-refractivity contribution in [3.63, 3.8) is 0 Å². The van der Waals surface area contributed by atoms with E-state index in [-0.39, 0.29) is 50.3 Å². The average Bonchev–Trinajstić information content (AvgIpc) is 3.74. The SMILES string of the molecule is C=CC(=O)OCCCCCOC(COc1ccc(C(=O)Oc2ccc(-c3ccc(OCOC(=O)C=C)cc3)cc2/C=N/N(C(=O)CC)c2nc3ccccc3s2)cc1)OC(=O)C=C. The van der Waals surface area contributed by atoms with E-state index >= 15 is 0 Å². The van der Waals surface area contributed by atoms with Crippen LogP contribution in [0.25, 0.3) is 21.3 Å². The molecule has 0 spiro atoms. The van der Waals surface area contributed by atoms with Crippen LogP contribution >= 0.6 is 11.3 Å². The molecule has 1 unspecified atom stereocenters.